The van der Waals surface area contributed by atoms with Gasteiger partial charge in [0.05, 0.1) is 30.1 Å². The molecule has 0 saturated heterocycles. The molecule has 118 valence electrons. The summed E-state index contributed by atoms with van der Waals surface area (Å²) in [6.07, 6.45) is 0.890. The minimum atomic E-state index is -0.474. The minimum Gasteiger partial charge on any atom is -0.494 e. The second-order valence-electron chi connectivity index (χ2n) is 5.14. The SMILES string of the molecule is CCCOc1ccc2oc3cc(C(=O)OC)ccc3c(=O)c2c1. The van der Waals surface area contributed by atoms with Gasteiger partial charge in [-0.2, -0.15) is 0 Å². The molecule has 0 aliphatic rings. The van der Waals surface area contributed by atoms with E-state index in [4.69, 9.17) is 9.15 Å². The Morgan fingerprint density at radius 3 is 2.65 bits per heavy atom. The van der Waals surface area contributed by atoms with E-state index in [0.717, 1.165) is 6.42 Å². The van der Waals surface area contributed by atoms with Crippen molar-refractivity contribution in [2.24, 2.45) is 0 Å². The molecule has 3 rings (SSSR count). The fourth-order valence-electron chi connectivity index (χ4n) is 2.39. The number of carbonyl (C=O) groups is 1. The highest BCUT2D eigenvalue weighted by Crippen LogP contribution is 2.23. The monoisotopic (exact) mass is 312 g/mol. The Morgan fingerprint density at radius 2 is 1.91 bits per heavy atom. The standard InChI is InChI=1S/C18H16O5/c1-3-8-22-12-5-7-15-14(10-12)17(19)13-6-4-11(18(20)21-2)9-16(13)23-15/h4-7,9-10H,3,8H2,1-2H3. The Labute approximate surface area is 132 Å². The molecule has 23 heavy (non-hydrogen) atoms. The lowest BCUT2D eigenvalue weighted by Crippen LogP contribution is -2.05. The molecule has 3 aromatic rings. The number of esters is 1. The van der Waals surface area contributed by atoms with Crippen LogP contribution < -0.4 is 10.2 Å². The summed E-state index contributed by atoms with van der Waals surface area (Å²) in [5, 5.41) is 0.870. The van der Waals surface area contributed by atoms with E-state index >= 15 is 0 Å². The lowest BCUT2D eigenvalue weighted by Gasteiger charge is -2.07. The van der Waals surface area contributed by atoms with E-state index in [-0.39, 0.29) is 5.43 Å². The summed E-state index contributed by atoms with van der Waals surface area (Å²) < 4.78 is 16.0. The first-order valence-corrected chi connectivity index (χ1v) is 7.35. The predicted molar refractivity (Wildman–Crippen MR) is 87.1 cm³/mol. The first-order valence-electron chi connectivity index (χ1n) is 7.35. The summed E-state index contributed by atoms with van der Waals surface area (Å²) in [7, 11) is 1.31. The minimum absolute atomic E-state index is 0.153. The topological polar surface area (TPSA) is 65.7 Å². The van der Waals surface area contributed by atoms with E-state index in [2.05, 4.69) is 4.74 Å². The van der Waals surface area contributed by atoms with Crippen LogP contribution in [0.25, 0.3) is 21.9 Å². The Balaban J connectivity index is 2.18. The lowest BCUT2D eigenvalue weighted by molar-refractivity contribution is 0.0601. The van der Waals surface area contributed by atoms with Crippen LogP contribution in [-0.2, 0) is 4.74 Å². The maximum atomic E-state index is 12.6. The van der Waals surface area contributed by atoms with Crippen molar-refractivity contribution in [2.45, 2.75) is 13.3 Å². The van der Waals surface area contributed by atoms with Crippen molar-refractivity contribution in [1.82, 2.24) is 0 Å². The van der Waals surface area contributed by atoms with Crippen molar-refractivity contribution in [3.05, 3.63) is 52.2 Å². The van der Waals surface area contributed by atoms with Crippen molar-refractivity contribution < 1.29 is 18.7 Å². The summed E-state index contributed by atoms with van der Waals surface area (Å²) >= 11 is 0. The molecule has 5 heteroatoms. The normalized spacial score (nSPS) is 10.9. The van der Waals surface area contributed by atoms with Gasteiger partial charge in [0.15, 0.2) is 0 Å². The van der Waals surface area contributed by atoms with Crippen LogP contribution in [0.3, 0.4) is 0 Å². The fourth-order valence-corrected chi connectivity index (χ4v) is 2.39. The molecule has 1 aromatic heterocycles. The second kappa shape index (κ2) is 6.12. The summed E-state index contributed by atoms with van der Waals surface area (Å²) in [4.78, 5) is 24.2. The number of benzene rings is 2. The number of carbonyl (C=O) groups excluding carboxylic acids is 1. The largest absolute Gasteiger partial charge is 0.494 e. The van der Waals surface area contributed by atoms with Crippen molar-refractivity contribution in [2.75, 3.05) is 13.7 Å². The summed E-state index contributed by atoms with van der Waals surface area (Å²) in [6.45, 7) is 2.61. The fraction of sp³-hybridized carbons (Fsp3) is 0.222. The Bertz CT molecular complexity index is 939. The molecule has 0 bridgehead atoms. The van der Waals surface area contributed by atoms with Crippen LogP contribution in [0.5, 0.6) is 5.75 Å². The highest BCUT2D eigenvalue weighted by atomic mass is 16.5. The van der Waals surface area contributed by atoms with E-state index in [1.807, 2.05) is 6.92 Å². The highest BCUT2D eigenvalue weighted by Gasteiger charge is 2.12. The average Bonchev–Trinajstić information content (AvgIpc) is 2.59. The van der Waals surface area contributed by atoms with Gasteiger partial charge in [-0.3, -0.25) is 4.79 Å². The van der Waals surface area contributed by atoms with Crippen molar-refractivity contribution in [3.63, 3.8) is 0 Å². The van der Waals surface area contributed by atoms with Gasteiger partial charge >= 0.3 is 5.97 Å². The number of hydrogen-bond donors (Lipinski definition) is 0. The molecule has 0 atom stereocenters. The van der Waals surface area contributed by atoms with Crippen molar-refractivity contribution in [1.29, 1.82) is 0 Å². The molecule has 1 heterocycles. The molecule has 0 radical (unpaired) electrons. The zero-order valence-electron chi connectivity index (χ0n) is 12.9. The van der Waals surface area contributed by atoms with Crippen molar-refractivity contribution in [3.8, 4) is 5.75 Å². The number of methoxy groups -OCH3 is 1. The highest BCUT2D eigenvalue weighted by molar-refractivity contribution is 5.96. The molecular formula is C18H16O5. The number of rotatable bonds is 4. The van der Waals surface area contributed by atoms with Crippen molar-refractivity contribution >= 4 is 27.9 Å². The van der Waals surface area contributed by atoms with Crippen LogP contribution in [0, 0.1) is 0 Å². The van der Waals surface area contributed by atoms with Gasteiger partial charge in [-0.1, -0.05) is 6.92 Å². The van der Waals surface area contributed by atoms with Crippen LogP contribution in [0.4, 0.5) is 0 Å². The van der Waals surface area contributed by atoms with E-state index in [0.29, 0.717) is 39.9 Å². The Kier molecular flexibility index (Phi) is 4.02. The third-order valence-electron chi connectivity index (χ3n) is 3.54. The van der Waals surface area contributed by atoms with E-state index in [1.54, 1.807) is 30.3 Å². The number of fused-ring (bicyclic) bond motifs is 2. The Hall–Kier alpha value is -2.82. The van der Waals surface area contributed by atoms with Gasteiger partial charge in [-0.05, 0) is 42.8 Å². The van der Waals surface area contributed by atoms with Crippen LogP contribution >= 0.6 is 0 Å². The van der Waals surface area contributed by atoms with Gasteiger partial charge in [0.2, 0.25) is 5.43 Å². The van der Waals surface area contributed by atoms with Gasteiger partial charge in [-0.15, -0.1) is 0 Å². The molecular weight excluding hydrogens is 296 g/mol. The molecule has 0 amide bonds. The molecule has 2 aromatic carbocycles. The molecule has 0 fully saturated rings. The maximum absolute atomic E-state index is 12.6. The first-order chi connectivity index (χ1) is 11.1. The van der Waals surface area contributed by atoms with Gasteiger partial charge in [0.25, 0.3) is 0 Å². The molecule has 0 unspecified atom stereocenters. The van der Waals surface area contributed by atoms with Crippen LogP contribution in [-0.4, -0.2) is 19.7 Å². The van der Waals surface area contributed by atoms with E-state index < -0.39 is 5.97 Å². The first kappa shape index (κ1) is 15.1. The summed E-state index contributed by atoms with van der Waals surface area (Å²) in [5.41, 5.74) is 0.992. The lowest BCUT2D eigenvalue weighted by atomic mass is 10.1. The molecule has 0 saturated carbocycles. The zero-order chi connectivity index (χ0) is 16.4. The number of hydrogen-bond acceptors (Lipinski definition) is 5. The zero-order valence-corrected chi connectivity index (χ0v) is 12.9. The van der Waals surface area contributed by atoms with Crippen LogP contribution in [0.2, 0.25) is 0 Å². The smallest absolute Gasteiger partial charge is 0.337 e. The van der Waals surface area contributed by atoms with Gasteiger partial charge in [0.1, 0.15) is 16.9 Å². The van der Waals surface area contributed by atoms with Gasteiger partial charge in [-0.25, -0.2) is 4.79 Å². The third-order valence-corrected chi connectivity index (χ3v) is 3.54. The second-order valence-corrected chi connectivity index (χ2v) is 5.14. The molecule has 5 nitrogen and oxygen atoms in total. The molecule has 0 spiro atoms. The van der Waals surface area contributed by atoms with E-state index in [1.165, 1.54) is 13.2 Å². The van der Waals surface area contributed by atoms with Crippen LogP contribution in [0.15, 0.2) is 45.6 Å². The molecule has 0 aliphatic heterocycles. The number of ether oxygens (including phenoxy) is 2. The van der Waals surface area contributed by atoms with E-state index in [9.17, 15) is 9.59 Å². The maximum Gasteiger partial charge on any atom is 0.337 e. The summed E-state index contributed by atoms with van der Waals surface area (Å²) in [5.74, 6) is 0.162. The Morgan fingerprint density at radius 1 is 1.09 bits per heavy atom. The predicted octanol–water partition coefficient (Wildman–Crippen LogP) is 3.52. The van der Waals surface area contributed by atoms with Gasteiger partial charge < -0.3 is 13.9 Å². The quantitative estimate of drug-likeness (QED) is 0.545. The average molecular weight is 312 g/mol. The molecule has 0 N–H and O–H groups in total. The van der Waals surface area contributed by atoms with Crippen LogP contribution in [0.1, 0.15) is 23.7 Å². The van der Waals surface area contributed by atoms with Gasteiger partial charge in [0, 0.05) is 0 Å². The summed E-state index contributed by atoms with van der Waals surface area (Å²) in [6, 6.07) is 9.79. The molecule has 0 aliphatic carbocycles. The third kappa shape index (κ3) is 2.77.